The van der Waals surface area contributed by atoms with Crippen molar-refractivity contribution in [1.29, 1.82) is 0 Å². The van der Waals surface area contributed by atoms with Gasteiger partial charge in [0.25, 0.3) is 0 Å². The number of hydrogen-bond acceptors (Lipinski definition) is 0. The zero-order chi connectivity index (χ0) is 14.9. The summed E-state index contributed by atoms with van der Waals surface area (Å²) in [7, 11) is 0. The second kappa shape index (κ2) is 5.84. The minimum atomic E-state index is -2.15. The first kappa shape index (κ1) is 14.7. The molecule has 21 heavy (non-hydrogen) atoms. The molecule has 0 atom stereocenters. The van der Waals surface area contributed by atoms with E-state index in [-0.39, 0.29) is 0 Å². The van der Waals surface area contributed by atoms with E-state index in [1.807, 2.05) is 0 Å². The summed E-state index contributed by atoms with van der Waals surface area (Å²) in [5.41, 5.74) is 4.66. The first-order chi connectivity index (χ1) is 10.2. The molecule has 0 saturated heterocycles. The van der Waals surface area contributed by atoms with Crippen LogP contribution in [-0.2, 0) is 0 Å². The normalized spacial score (nSPS) is 16.1. The van der Waals surface area contributed by atoms with E-state index >= 15 is 0 Å². The van der Waals surface area contributed by atoms with Gasteiger partial charge in [0.2, 0.25) is 0 Å². The van der Waals surface area contributed by atoms with Crippen LogP contribution in [0.25, 0.3) is 9.98 Å². The van der Waals surface area contributed by atoms with Crippen LogP contribution in [0.4, 0.5) is 0 Å². The maximum absolute atomic E-state index is 2.56. The topological polar surface area (TPSA) is 0 Å². The molecule has 1 aliphatic heterocycles. The van der Waals surface area contributed by atoms with Gasteiger partial charge >= 0.3 is 131 Å². The average molecular weight is 337 g/mol. The van der Waals surface area contributed by atoms with E-state index in [4.69, 9.17) is 0 Å². The number of unbranched alkanes of at least 4 members (excludes halogenated alkanes) is 1. The van der Waals surface area contributed by atoms with E-state index in [9.17, 15) is 0 Å². The first-order valence-electron chi connectivity index (χ1n) is 8.05. The van der Waals surface area contributed by atoms with Crippen molar-refractivity contribution in [3.05, 3.63) is 65.7 Å². The van der Waals surface area contributed by atoms with Crippen molar-refractivity contribution < 1.29 is 0 Å². The Hall–Kier alpha value is -1.28. The van der Waals surface area contributed by atoms with E-state index in [1.165, 1.54) is 24.8 Å². The third kappa shape index (κ3) is 2.50. The van der Waals surface area contributed by atoms with Crippen molar-refractivity contribution in [3.8, 4) is 0 Å². The molecule has 0 radical (unpaired) electrons. The van der Waals surface area contributed by atoms with Gasteiger partial charge in [0, 0.05) is 0 Å². The average Bonchev–Trinajstić information content (AvgIpc) is 2.74. The zero-order valence-corrected chi connectivity index (χ0v) is 15.4. The Morgan fingerprint density at radius 1 is 0.857 bits per heavy atom. The van der Waals surface area contributed by atoms with Crippen LogP contribution in [0.15, 0.2) is 54.6 Å². The summed E-state index contributed by atoms with van der Waals surface area (Å²) in [6.45, 7) is 2.29. The fourth-order valence-electron chi connectivity index (χ4n) is 3.69. The molecule has 0 N–H and O–H groups in total. The second-order valence-corrected chi connectivity index (χ2v) is 15.5. The number of fused-ring (bicyclic) bond motifs is 1. The Bertz CT molecular complexity index is 665. The van der Waals surface area contributed by atoms with Crippen LogP contribution in [-0.4, -0.2) is 13.3 Å². The standard InChI is InChI=1S/C20H24Ge/c1-4-5-13-18-17-14-9-10-15-19(17)21(2,3)20(18)16-11-7-6-8-12-16/h6-12,14-15H,4-5,13H2,1-3H3. The monoisotopic (exact) mass is 338 g/mol. The van der Waals surface area contributed by atoms with Crippen molar-refractivity contribution in [3.63, 3.8) is 0 Å². The van der Waals surface area contributed by atoms with Crippen LogP contribution in [0.3, 0.4) is 0 Å². The van der Waals surface area contributed by atoms with Crippen molar-refractivity contribution in [1.82, 2.24) is 0 Å². The van der Waals surface area contributed by atoms with Gasteiger partial charge in [0.15, 0.2) is 0 Å². The third-order valence-electron chi connectivity index (χ3n) is 4.70. The fraction of sp³-hybridized carbons (Fsp3) is 0.300. The summed E-state index contributed by atoms with van der Waals surface area (Å²) in [6, 6.07) is 20.3. The molecule has 0 aliphatic carbocycles. The molecule has 0 amide bonds. The maximum atomic E-state index is 2.56. The first-order valence-corrected chi connectivity index (χ1v) is 14.3. The number of rotatable bonds is 4. The molecular formula is C20H24Ge. The van der Waals surface area contributed by atoms with Crippen molar-refractivity contribution >= 4 is 27.6 Å². The molecule has 1 heterocycles. The molecule has 1 aliphatic rings. The van der Waals surface area contributed by atoms with Gasteiger partial charge < -0.3 is 0 Å². The van der Waals surface area contributed by atoms with Crippen LogP contribution < -0.4 is 4.40 Å². The van der Waals surface area contributed by atoms with Crippen molar-refractivity contribution in [2.75, 3.05) is 0 Å². The van der Waals surface area contributed by atoms with E-state index in [0.29, 0.717) is 0 Å². The van der Waals surface area contributed by atoms with Gasteiger partial charge in [-0.05, 0) is 0 Å². The Kier molecular flexibility index (Phi) is 4.08. The van der Waals surface area contributed by atoms with Crippen LogP contribution in [0, 0.1) is 0 Å². The van der Waals surface area contributed by atoms with Gasteiger partial charge in [-0.1, -0.05) is 0 Å². The number of allylic oxidation sites excluding steroid dienone is 1. The quantitative estimate of drug-likeness (QED) is 0.668. The fourth-order valence-corrected chi connectivity index (χ4v) is 11.2. The third-order valence-corrected chi connectivity index (χ3v) is 12.3. The van der Waals surface area contributed by atoms with Crippen LogP contribution in [0.5, 0.6) is 0 Å². The molecule has 2 aromatic rings. The molecule has 0 saturated carbocycles. The molecule has 2 aromatic carbocycles. The van der Waals surface area contributed by atoms with Gasteiger partial charge in [-0.3, -0.25) is 0 Å². The summed E-state index contributed by atoms with van der Waals surface area (Å²) in [5.74, 6) is 5.11. The summed E-state index contributed by atoms with van der Waals surface area (Å²) >= 11 is -2.15. The van der Waals surface area contributed by atoms with E-state index in [1.54, 1.807) is 19.9 Å². The molecule has 0 bridgehead atoms. The van der Waals surface area contributed by atoms with Gasteiger partial charge in [-0.2, -0.15) is 0 Å². The summed E-state index contributed by atoms with van der Waals surface area (Å²) < 4.78 is 3.38. The van der Waals surface area contributed by atoms with Crippen LogP contribution in [0.2, 0.25) is 11.5 Å². The van der Waals surface area contributed by atoms with Crippen molar-refractivity contribution in [2.24, 2.45) is 0 Å². The predicted molar refractivity (Wildman–Crippen MR) is 96.3 cm³/mol. The molecule has 0 nitrogen and oxygen atoms in total. The molecule has 0 fully saturated rings. The van der Waals surface area contributed by atoms with Crippen LogP contribution in [0.1, 0.15) is 37.3 Å². The Morgan fingerprint density at radius 3 is 2.24 bits per heavy atom. The van der Waals surface area contributed by atoms with Crippen molar-refractivity contribution in [2.45, 2.75) is 37.7 Å². The van der Waals surface area contributed by atoms with E-state index in [0.717, 1.165) is 0 Å². The molecule has 1 heteroatoms. The molecule has 0 aromatic heterocycles. The predicted octanol–water partition coefficient (Wildman–Crippen LogP) is 5.26. The van der Waals surface area contributed by atoms with Crippen LogP contribution >= 0.6 is 0 Å². The number of hydrogen-bond donors (Lipinski definition) is 0. The molecule has 3 rings (SSSR count). The molecular weight excluding hydrogens is 313 g/mol. The van der Waals surface area contributed by atoms with Gasteiger partial charge in [0.05, 0.1) is 0 Å². The van der Waals surface area contributed by atoms with E-state index < -0.39 is 13.3 Å². The summed E-state index contributed by atoms with van der Waals surface area (Å²) in [6.07, 6.45) is 3.78. The Balaban J connectivity index is 2.21. The molecule has 0 spiro atoms. The Morgan fingerprint density at radius 2 is 1.52 bits per heavy atom. The SMILES string of the molecule is CCCCC1=[C](c2ccccc2)[Ge]([CH3])([CH3])[c]2ccccc21. The zero-order valence-electron chi connectivity index (χ0n) is 13.3. The summed E-state index contributed by atoms with van der Waals surface area (Å²) in [5, 5.41) is 0. The second-order valence-electron chi connectivity index (χ2n) is 6.49. The van der Waals surface area contributed by atoms with E-state index in [2.05, 4.69) is 73.0 Å². The molecule has 0 unspecified atom stereocenters. The van der Waals surface area contributed by atoms with Gasteiger partial charge in [-0.15, -0.1) is 0 Å². The van der Waals surface area contributed by atoms with Gasteiger partial charge in [0.1, 0.15) is 0 Å². The Labute approximate surface area is 131 Å². The van der Waals surface area contributed by atoms with Gasteiger partial charge in [-0.25, -0.2) is 0 Å². The molecule has 108 valence electrons. The minimum absolute atomic E-state index is 1.23. The summed E-state index contributed by atoms with van der Waals surface area (Å²) in [4.78, 5) is 0. The number of benzene rings is 2.